The highest BCUT2D eigenvalue weighted by Crippen LogP contribution is 2.50. The Bertz CT molecular complexity index is 1140. The highest BCUT2D eigenvalue weighted by Gasteiger charge is 2.42. The first-order valence-corrected chi connectivity index (χ1v) is 10.0. The highest BCUT2D eigenvalue weighted by molar-refractivity contribution is 6.35. The molecule has 0 N–H and O–H groups in total. The predicted molar refractivity (Wildman–Crippen MR) is 112 cm³/mol. The standard InChI is InChI=1S/C22H16Cl2N2O4/c1-28-22(27)13-6-4-12(5-7-13)21-26-18(11-17(25-26)19-3-2-8-29-19)15-9-14(23)10-16(24)20(15)30-21/h2-10,18,21H,11H2,1H3/t18-,21+/m0/s1. The summed E-state index contributed by atoms with van der Waals surface area (Å²) in [7, 11) is 1.35. The average molecular weight is 443 g/mol. The number of methoxy groups -OCH3 is 1. The fourth-order valence-electron chi connectivity index (χ4n) is 3.83. The number of hydrazone groups is 1. The molecule has 2 atom stereocenters. The van der Waals surface area contributed by atoms with Crippen LogP contribution in [0.2, 0.25) is 10.0 Å². The van der Waals surface area contributed by atoms with E-state index in [1.165, 1.54) is 7.11 Å². The van der Waals surface area contributed by atoms with Crippen LogP contribution in [0.25, 0.3) is 0 Å². The molecule has 0 radical (unpaired) electrons. The summed E-state index contributed by atoms with van der Waals surface area (Å²) in [6.07, 6.45) is 1.72. The number of rotatable bonds is 3. The fraction of sp³-hybridized carbons (Fsp3) is 0.182. The van der Waals surface area contributed by atoms with Gasteiger partial charge in [0.1, 0.15) is 17.2 Å². The summed E-state index contributed by atoms with van der Waals surface area (Å²) < 4.78 is 16.6. The summed E-state index contributed by atoms with van der Waals surface area (Å²) in [5, 5.41) is 7.67. The smallest absolute Gasteiger partial charge is 0.337 e. The summed E-state index contributed by atoms with van der Waals surface area (Å²) in [6.45, 7) is 0. The Labute approximate surface area is 182 Å². The van der Waals surface area contributed by atoms with Gasteiger partial charge >= 0.3 is 5.97 Å². The number of carbonyl (C=O) groups is 1. The average Bonchev–Trinajstić information content (AvgIpc) is 3.43. The molecule has 152 valence electrons. The van der Waals surface area contributed by atoms with Crippen LogP contribution in [0.15, 0.2) is 64.3 Å². The minimum absolute atomic E-state index is 0.115. The lowest BCUT2D eigenvalue weighted by Gasteiger charge is -2.38. The molecule has 30 heavy (non-hydrogen) atoms. The summed E-state index contributed by atoms with van der Waals surface area (Å²) in [6, 6.07) is 14.2. The van der Waals surface area contributed by atoms with Crippen molar-refractivity contribution < 1.29 is 18.7 Å². The van der Waals surface area contributed by atoms with Gasteiger partial charge in [-0.1, -0.05) is 35.3 Å². The predicted octanol–water partition coefficient (Wildman–Crippen LogP) is 5.62. The van der Waals surface area contributed by atoms with Crippen LogP contribution in [0, 0.1) is 0 Å². The van der Waals surface area contributed by atoms with Crippen molar-refractivity contribution in [1.29, 1.82) is 0 Å². The molecule has 0 spiro atoms. The molecular formula is C22H16Cl2N2O4. The van der Waals surface area contributed by atoms with Gasteiger partial charge in [0, 0.05) is 22.6 Å². The van der Waals surface area contributed by atoms with E-state index in [0.29, 0.717) is 33.5 Å². The lowest BCUT2D eigenvalue weighted by Crippen LogP contribution is -2.33. The van der Waals surface area contributed by atoms with Crippen molar-refractivity contribution in [3.05, 3.63) is 87.3 Å². The van der Waals surface area contributed by atoms with E-state index in [9.17, 15) is 4.79 Å². The quantitative estimate of drug-likeness (QED) is 0.492. The van der Waals surface area contributed by atoms with E-state index in [-0.39, 0.29) is 6.04 Å². The topological polar surface area (TPSA) is 64.3 Å². The molecule has 3 aromatic rings. The zero-order valence-electron chi connectivity index (χ0n) is 15.8. The Morgan fingerprint density at radius 3 is 2.70 bits per heavy atom. The van der Waals surface area contributed by atoms with Crippen molar-refractivity contribution in [3.8, 4) is 5.75 Å². The van der Waals surface area contributed by atoms with Gasteiger partial charge in [-0.05, 0) is 36.4 Å². The normalized spacial score (nSPS) is 19.6. The number of nitrogens with zero attached hydrogens (tertiary/aromatic N) is 2. The van der Waals surface area contributed by atoms with E-state index in [1.807, 2.05) is 35.3 Å². The van der Waals surface area contributed by atoms with Gasteiger partial charge in [-0.15, -0.1) is 0 Å². The Morgan fingerprint density at radius 1 is 1.20 bits per heavy atom. The van der Waals surface area contributed by atoms with E-state index in [4.69, 9.17) is 42.2 Å². The monoisotopic (exact) mass is 442 g/mol. The van der Waals surface area contributed by atoms with Crippen LogP contribution in [0.4, 0.5) is 0 Å². The summed E-state index contributed by atoms with van der Waals surface area (Å²) in [5.41, 5.74) is 2.97. The molecule has 0 aliphatic carbocycles. The first-order valence-electron chi connectivity index (χ1n) is 9.28. The van der Waals surface area contributed by atoms with Crippen LogP contribution >= 0.6 is 23.2 Å². The number of benzene rings is 2. The van der Waals surface area contributed by atoms with E-state index >= 15 is 0 Å². The van der Waals surface area contributed by atoms with Crippen LogP contribution in [0.3, 0.4) is 0 Å². The van der Waals surface area contributed by atoms with Crippen molar-refractivity contribution in [3.63, 3.8) is 0 Å². The zero-order valence-corrected chi connectivity index (χ0v) is 17.4. The molecule has 0 bridgehead atoms. The minimum Gasteiger partial charge on any atom is -0.465 e. The van der Waals surface area contributed by atoms with Gasteiger partial charge in [0.05, 0.1) is 30.0 Å². The Balaban J connectivity index is 1.59. The van der Waals surface area contributed by atoms with E-state index in [0.717, 1.165) is 16.8 Å². The second kappa shape index (κ2) is 7.38. The number of fused-ring (bicyclic) bond motifs is 3. The molecule has 6 nitrogen and oxygen atoms in total. The molecule has 0 saturated carbocycles. The Morgan fingerprint density at radius 2 is 2.00 bits per heavy atom. The molecular weight excluding hydrogens is 427 g/mol. The largest absolute Gasteiger partial charge is 0.465 e. The first kappa shape index (κ1) is 19.0. The van der Waals surface area contributed by atoms with Crippen molar-refractivity contribution in [1.82, 2.24) is 5.01 Å². The number of hydrogen-bond donors (Lipinski definition) is 0. The van der Waals surface area contributed by atoms with Crippen LogP contribution in [0.1, 0.15) is 45.9 Å². The van der Waals surface area contributed by atoms with Crippen LogP contribution in [0.5, 0.6) is 5.75 Å². The fourth-order valence-corrected chi connectivity index (χ4v) is 4.38. The maximum atomic E-state index is 11.8. The molecule has 0 amide bonds. The molecule has 0 unspecified atom stereocenters. The van der Waals surface area contributed by atoms with Crippen LogP contribution < -0.4 is 4.74 Å². The second-order valence-electron chi connectivity index (χ2n) is 7.01. The van der Waals surface area contributed by atoms with Gasteiger partial charge in [0.2, 0.25) is 6.23 Å². The van der Waals surface area contributed by atoms with E-state index in [2.05, 4.69) is 0 Å². The van der Waals surface area contributed by atoms with Gasteiger partial charge in [0.15, 0.2) is 0 Å². The SMILES string of the molecule is COC(=O)c1ccc([C@H]2Oc3c(Cl)cc(Cl)cc3[C@@H]3CC(c4ccco4)=NN23)cc1. The van der Waals surface area contributed by atoms with Crippen LogP contribution in [-0.4, -0.2) is 23.8 Å². The van der Waals surface area contributed by atoms with Crippen molar-refractivity contribution in [2.24, 2.45) is 5.10 Å². The minimum atomic E-state index is -0.527. The van der Waals surface area contributed by atoms with Crippen molar-refractivity contribution in [2.45, 2.75) is 18.7 Å². The molecule has 5 rings (SSSR count). The van der Waals surface area contributed by atoms with Crippen molar-refractivity contribution >= 4 is 34.9 Å². The molecule has 2 aromatic carbocycles. The highest BCUT2D eigenvalue weighted by atomic mass is 35.5. The van der Waals surface area contributed by atoms with E-state index in [1.54, 1.807) is 24.5 Å². The maximum Gasteiger partial charge on any atom is 0.337 e. The molecule has 3 heterocycles. The summed E-state index contributed by atoms with van der Waals surface area (Å²) >= 11 is 12.7. The second-order valence-corrected chi connectivity index (χ2v) is 7.86. The number of ether oxygens (including phenoxy) is 2. The molecule has 1 aromatic heterocycles. The van der Waals surface area contributed by atoms with Crippen LogP contribution in [-0.2, 0) is 4.74 Å². The van der Waals surface area contributed by atoms with E-state index < -0.39 is 12.2 Å². The number of esters is 1. The van der Waals surface area contributed by atoms with Crippen molar-refractivity contribution in [2.75, 3.05) is 7.11 Å². The molecule has 0 fully saturated rings. The number of furan rings is 1. The first-order chi connectivity index (χ1) is 14.5. The summed E-state index contributed by atoms with van der Waals surface area (Å²) in [5.74, 6) is 0.894. The Hall–Kier alpha value is -2.96. The van der Waals surface area contributed by atoms with Gasteiger partial charge in [-0.25, -0.2) is 9.80 Å². The Kier molecular flexibility index (Phi) is 4.68. The third-order valence-corrected chi connectivity index (χ3v) is 5.73. The summed E-state index contributed by atoms with van der Waals surface area (Å²) in [4.78, 5) is 11.8. The molecule has 2 aliphatic heterocycles. The molecule has 8 heteroatoms. The lowest BCUT2D eigenvalue weighted by atomic mass is 9.97. The number of hydrogen-bond acceptors (Lipinski definition) is 6. The van der Waals surface area contributed by atoms with Gasteiger partial charge < -0.3 is 13.9 Å². The molecule has 2 aliphatic rings. The van der Waals surface area contributed by atoms with Gasteiger partial charge in [0.25, 0.3) is 0 Å². The lowest BCUT2D eigenvalue weighted by molar-refractivity contribution is -0.0189. The third-order valence-electron chi connectivity index (χ3n) is 5.23. The molecule has 0 saturated heterocycles. The van der Waals surface area contributed by atoms with Gasteiger partial charge in [-0.3, -0.25) is 0 Å². The zero-order chi connectivity index (χ0) is 20.8. The third kappa shape index (κ3) is 3.13. The van der Waals surface area contributed by atoms with Gasteiger partial charge in [-0.2, -0.15) is 5.10 Å². The number of halogens is 2. The maximum absolute atomic E-state index is 11.8. The number of carbonyl (C=O) groups excluding carboxylic acids is 1.